The molecule has 7 rings (SSSR count). The lowest BCUT2D eigenvalue weighted by molar-refractivity contribution is -0.127. The minimum Gasteiger partial charge on any atom is -0.307 e. The van der Waals surface area contributed by atoms with Crippen LogP contribution in [0.2, 0.25) is 0 Å². The van der Waals surface area contributed by atoms with Gasteiger partial charge in [-0.15, -0.1) is 0 Å². The van der Waals surface area contributed by atoms with E-state index in [4.69, 9.17) is 0 Å². The molecule has 3 aliphatic heterocycles. The van der Waals surface area contributed by atoms with Gasteiger partial charge in [0, 0.05) is 45.4 Å². The van der Waals surface area contributed by atoms with Gasteiger partial charge in [-0.1, -0.05) is 39.5 Å². The molecule has 3 heterocycles. The second-order valence-electron chi connectivity index (χ2n) is 14.5. The number of Topliss-reactive ketones (excluding diaryl/α,β-unsaturated/α-hetero) is 1. The number of likely N-dealkylation sites (N-methyl/N-ethyl adjacent to an activating group) is 1. The van der Waals surface area contributed by atoms with E-state index in [2.05, 4.69) is 5.32 Å². The third kappa shape index (κ3) is 5.45. The first-order valence-corrected chi connectivity index (χ1v) is 20.8. The summed E-state index contributed by atoms with van der Waals surface area (Å²) in [5.74, 6) is -2.67. The van der Waals surface area contributed by atoms with Crippen LogP contribution in [0.25, 0.3) is 10.8 Å². The van der Waals surface area contributed by atoms with E-state index >= 15 is 0 Å². The molecule has 0 aromatic heterocycles. The van der Waals surface area contributed by atoms with Crippen molar-refractivity contribution < 1.29 is 32.4 Å². The Morgan fingerprint density at radius 1 is 0.720 bits per heavy atom. The number of rotatable bonds is 9. The highest BCUT2D eigenvalue weighted by Crippen LogP contribution is 2.46. The Bertz CT molecular complexity index is 1870. The molecule has 0 radical (unpaired) electrons. The van der Waals surface area contributed by atoms with Crippen molar-refractivity contribution in [1.29, 1.82) is 0 Å². The van der Waals surface area contributed by atoms with Crippen molar-refractivity contribution in [2.45, 2.75) is 112 Å². The van der Waals surface area contributed by atoms with Crippen LogP contribution in [-0.2, 0) is 26.4 Å². The monoisotopic (exact) mass is 722 g/mol. The maximum absolute atomic E-state index is 14.8. The number of carbonyl (C=O) groups is 5. The zero-order valence-electron chi connectivity index (χ0n) is 29.2. The van der Waals surface area contributed by atoms with E-state index in [0.29, 0.717) is 25.7 Å². The number of nitrogens with zero attached hydrogens (tertiary/aromatic N) is 3. The van der Waals surface area contributed by atoms with Crippen molar-refractivity contribution in [1.82, 2.24) is 20.0 Å². The Balaban J connectivity index is 1.46. The summed E-state index contributed by atoms with van der Waals surface area (Å²) in [6.45, 7) is 4.19. The summed E-state index contributed by atoms with van der Waals surface area (Å²) in [7, 11) is 0.417. The molecule has 4 amide bonds. The quantitative estimate of drug-likeness (QED) is 0.380. The van der Waals surface area contributed by atoms with E-state index in [-0.39, 0.29) is 72.2 Å². The molecule has 2 aliphatic carbocycles. The summed E-state index contributed by atoms with van der Waals surface area (Å²) in [4.78, 5) is 77.6. The van der Waals surface area contributed by atoms with Crippen LogP contribution in [-0.4, -0.2) is 109 Å². The lowest BCUT2D eigenvalue weighted by Crippen LogP contribution is -2.57. The molecule has 2 aromatic rings. The average molecular weight is 723 g/mol. The summed E-state index contributed by atoms with van der Waals surface area (Å²) in [6.07, 6.45) is 7.33. The van der Waals surface area contributed by atoms with Crippen LogP contribution >= 0.6 is 0 Å². The van der Waals surface area contributed by atoms with Crippen LogP contribution in [0.5, 0.6) is 0 Å². The Hall–Kier alpha value is -3.13. The molecular weight excluding hydrogens is 677 g/mol. The molecular formula is C37H46N4O7S2. The molecule has 1 N–H and O–H groups in total. The summed E-state index contributed by atoms with van der Waals surface area (Å²) in [6, 6.07) is 1.40. The maximum atomic E-state index is 14.8. The third-order valence-electron chi connectivity index (χ3n) is 11.6. The van der Waals surface area contributed by atoms with Crippen LogP contribution < -0.4 is 5.32 Å². The lowest BCUT2D eigenvalue weighted by atomic mass is 9.77. The smallest absolute Gasteiger partial charge is 0.262 e. The maximum Gasteiger partial charge on any atom is 0.262 e. The summed E-state index contributed by atoms with van der Waals surface area (Å²) >= 11 is 0. The van der Waals surface area contributed by atoms with Gasteiger partial charge in [-0.3, -0.25) is 42.2 Å². The molecule has 2 saturated carbocycles. The Morgan fingerprint density at radius 3 is 1.72 bits per heavy atom. The van der Waals surface area contributed by atoms with E-state index in [1.165, 1.54) is 21.9 Å². The number of nitrogens with one attached hydrogen (secondary N) is 1. The molecule has 0 bridgehead atoms. The van der Waals surface area contributed by atoms with Gasteiger partial charge in [0.1, 0.15) is 0 Å². The molecule has 11 nitrogen and oxygen atoms in total. The molecule has 5 aliphatic rings. The number of imide groups is 2. The Labute approximate surface area is 297 Å². The summed E-state index contributed by atoms with van der Waals surface area (Å²) in [5, 5.41) is 3.54. The number of carbonyl (C=O) groups excluding carboxylic acids is 5. The second kappa shape index (κ2) is 13.8. The first-order valence-electron chi connectivity index (χ1n) is 18.1. The van der Waals surface area contributed by atoms with Gasteiger partial charge >= 0.3 is 0 Å². The Kier molecular flexibility index (Phi) is 9.72. The minimum atomic E-state index is -1.73. The van der Waals surface area contributed by atoms with Crippen LogP contribution in [0.4, 0.5) is 0 Å². The standard InChI is InChI=1S/C37H46N4O7S2/c1-5-49(47)27-19-22-30-29-21(34(43)40(36(45)31(27)29)24-14-8-7-12-20(24)33(42)23-13-11-17-38-23)18-28(50(48)6-2)32(30)37(46)41(35(22)44)26-16-10-9-15-25(26)39(3)4/h18-20,23-26,38H,5-17H2,1-4H3/t20-,23+,24-,25-,26-,49?,50?/m1/s1. The zero-order valence-corrected chi connectivity index (χ0v) is 30.9. The van der Waals surface area contributed by atoms with E-state index in [9.17, 15) is 32.4 Å². The molecule has 50 heavy (non-hydrogen) atoms. The minimum absolute atomic E-state index is 0.00371. The van der Waals surface area contributed by atoms with Gasteiger partial charge < -0.3 is 10.2 Å². The van der Waals surface area contributed by atoms with Crippen molar-refractivity contribution in [2.75, 3.05) is 32.1 Å². The van der Waals surface area contributed by atoms with Crippen molar-refractivity contribution in [3.63, 3.8) is 0 Å². The fraction of sp³-hybridized carbons (Fsp3) is 0.595. The van der Waals surface area contributed by atoms with Gasteiger partial charge in [-0.25, -0.2) is 0 Å². The number of benzene rings is 2. The molecule has 2 unspecified atom stereocenters. The second-order valence-corrected chi connectivity index (χ2v) is 17.9. The number of amides is 4. The van der Waals surface area contributed by atoms with Crippen molar-refractivity contribution in [3.8, 4) is 0 Å². The van der Waals surface area contributed by atoms with Crippen LogP contribution in [0, 0.1) is 5.92 Å². The predicted octanol–water partition coefficient (Wildman–Crippen LogP) is 4.04. The highest BCUT2D eigenvalue weighted by Gasteiger charge is 2.50. The van der Waals surface area contributed by atoms with E-state index < -0.39 is 63.2 Å². The third-order valence-corrected chi connectivity index (χ3v) is 14.3. The fourth-order valence-corrected chi connectivity index (χ4v) is 11.2. The number of hydrogen-bond donors (Lipinski definition) is 1. The van der Waals surface area contributed by atoms with E-state index in [1.54, 1.807) is 13.8 Å². The average Bonchev–Trinajstić information content (AvgIpc) is 3.67. The van der Waals surface area contributed by atoms with E-state index in [1.807, 2.05) is 19.0 Å². The molecule has 2 aromatic carbocycles. The molecule has 13 heteroatoms. The Morgan fingerprint density at radius 2 is 1.22 bits per heavy atom. The molecule has 0 spiro atoms. The molecule has 1 saturated heterocycles. The van der Waals surface area contributed by atoms with Crippen LogP contribution in [0.15, 0.2) is 21.9 Å². The van der Waals surface area contributed by atoms with Gasteiger partial charge in [0.05, 0.1) is 60.6 Å². The van der Waals surface area contributed by atoms with Gasteiger partial charge in [-0.05, 0) is 71.3 Å². The summed E-state index contributed by atoms with van der Waals surface area (Å²) < 4.78 is 27.7. The van der Waals surface area contributed by atoms with Gasteiger partial charge in [-0.2, -0.15) is 0 Å². The van der Waals surface area contributed by atoms with Gasteiger partial charge in [0.25, 0.3) is 23.6 Å². The number of hydrogen-bond acceptors (Lipinski definition) is 9. The highest BCUT2D eigenvalue weighted by atomic mass is 32.2. The predicted molar refractivity (Wildman–Crippen MR) is 190 cm³/mol. The first-order chi connectivity index (χ1) is 24.0. The molecule has 7 atom stereocenters. The van der Waals surface area contributed by atoms with Gasteiger partial charge in [0.2, 0.25) is 0 Å². The normalized spacial score (nSPS) is 28.1. The van der Waals surface area contributed by atoms with E-state index in [0.717, 1.165) is 45.1 Å². The summed E-state index contributed by atoms with van der Waals surface area (Å²) in [5.41, 5.74) is 0.257. The molecule has 3 fully saturated rings. The van der Waals surface area contributed by atoms with Crippen molar-refractivity contribution >= 4 is 61.8 Å². The van der Waals surface area contributed by atoms with Crippen LogP contribution in [0.3, 0.4) is 0 Å². The van der Waals surface area contributed by atoms with Crippen molar-refractivity contribution in [2.24, 2.45) is 5.92 Å². The SMILES string of the molecule is CCS(=O)c1cc2c3c(c(S(=O)CC)cc4c3c1C(=O)N([C@@H]1CCCC[C@H]1N(C)C)C4=O)C(=O)N([C@@H]1CCCC[C@H]1C(=O)[C@@H]1CCCN1)C2=O. The highest BCUT2D eigenvalue weighted by molar-refractivity contribution is 7.85. The van der Waals surface area contributed by atoms with Gasteiger partial charge in [0.15, 0.2) is 5.78 Å². The topological polar surface area (TPSA) is 141 Å². The zero-order chi connectivity index (χ0) is 35.6. The number of ketones is 1. The van der Waals surface area contributed by atoms with Crippen molar-refractivity contribution in [3.05, 3.63) is 34.4 Å². The largest absolute Gasteiger partial charge is 0.307 e. The van der Waals surface area contributed by atoms with Crippen LogP contribution in [0.1, 0.15) is 119 Å². The molecule has 268 valence electrons. The fourth-order valence-electron chi connectivity index (χ4n) is 9.24. The lowest BCUT2D eigenvalue weighted by Gasteiger charge is -2.44. The first kappa shape index (κ1) is 35.3.